The molecule has 0 nitrogen and oxygen atoms in total. The second-order valence-electron chi connectivity index (χ2n) is 14.0. The predicted octanol–water partition coefficient (Wildman–Crippen LogP) is 10.9. The van der Waals surface area contributed by atoms with Crippen molar-refractivity contribution >= 4 is 35.1 Å². The van der Waals surface area contributed by atoms with Crippen LogP contribution in [-0.2, 0) is 15.6 Å². The summed E-state index contributed by atoms with van der Waals surface area (Å²) < 4.78 is 0.200. The molecule has 0 aliphatic heterocycles. The van der Waals surface area contributed by atoms with Gasteiger partial charge in [-0.3, -0.25) is 0 Å². The molecule has 2 aliphatic carbocycles. The zero-order valence-electron chi connectivity index (χ0n) is 26.0. The number of rotatable bonds is 5. The van der Waals surface area contributed by atoms with Crippen LogP contribution in [0.3, 0.4) is 0 Å². The van der Waals surface area contributed by atoms with E-state index in [9.17, 15) is 0 Å². The van der Waals surface area contributed by atoms with Crippen molar-refractivity contribution in [2.75, 3.05) is 0 Å². The molecule has 4 heteroatoms. The van der Waals surface area contributed by atoms with E-state index < -0.39 is 21.5 Å². The number of benzene rings is 2. The summed E-state index contributed by atoms with van der Waals surface area (Å²) in [5.74, 6) is 12.4. The molecule has 0 amide bonds. The van der Waals surface area contributed by atoms with Crippen LogP contribution in [0.4, 0.5) is 0 Å². The van der Waals surface area contributed by atoms with Crippen molar-refractivity contribution in [3.05, 3.63) is 80.9 Å². The Labute approximate surface area is 252 Å². The fourth-order valence-electron chi connectivity index (χ4n) is 6.40. The second kappa shape index (κ2) is 11.1. The molecule has 40 heavy (non-hydrogen) atoms. The maximum atomic E-state index is 8.43. The van der Waals surface area contributed by atoms with Crippen molar-refractivity contribution in [2.45, 2.75) is 88.6 Å². The number of allylic oxidation sites excluding steroid dienone is 2. The summed E-state index contributed by atoms with van der Waals surface area (Å²) in [5.41, 5.74) is 9.94. The van der Waals surface area contributed by atoms with Gasteiger partial charge in [0, 0.05) is 0 Å². The molecule has 0 N–H and O–H groups in total. The fraction of sp³-hybridized carbons (Fsp3) is 0.444. The quantitative estimate of drug-likeness (QED) is 0.220. The molecule has 0 bridgehead atoms. The maximum absolute atomic E-state index is 8.43. The van der Waals surface area contributed by atoms with Gasteiger partial charge in [-0.25, -0.2) is 0 Å². The molecule has 2 aromatic rings. The molecule has 0 saturated carbocycles. The van der Waals surface area contributed by atoms with Gasteiger partial charge in [0.25, 0.3) is 0 Å². The summed E-state index contributed by atoms with van der Waals surface area (Å²) in [4.78, 5) is 0. The number of hydrogen-bond acceptors (Lipinski definition) is 0. The van der Waals surface area contributed by atoms with Crippen LogP contribution < -0.4 is 0 Å². The molecule has 2 unspecified atom stereocenters. The van der Waals surface area contributed by atoms with Crippen LogP contribution in [-0.4, -0.2) is 5.92 Å². The molecule has 211 valence electrons. The van der Waals surface area contributed by atoms with Gasteiger partial charge in [0.2, 0.25) is 0 Å². The molecule has 0 fully saturated rings. The van der Waals surface area contributed by atoms with Crippen molar-refractivity contribution in [1.29, 1.82) is 0 Å². The van der Waals surface area contributed by atoms with Crippen molar-refractivity contribution in [1.82, 2.24) is 0 Å². The van der Waals surface area contributed by atoms with Crippen LogP contribution in [0.5, 0.6) is 0 Å². The molecule has 0 saturated heterocycles. The summed E-state index contributed by atoms with van der Waals surface area (Å²) in [7, 11) is 16.9. The van der Waals surface area contributed by atoms with Crippen LogP contribution in [0, 0.1) is 34.5 Å². The van der Waals surface area contributed by atoms with E-state index in [1.165, 1.54) is 33.4 Å². The van der Waals surface area contributed by atoms with Crippen molar-refractivity contribution in [2.24, 2.45) is 10.8 Å². The van der Waals surface area contributed by atoms with Crippen molar-refractivity contribution < 1.29 is 15.6 Å². The van der Waals surface area contributed by atoms with E-state index in [0.29, 0.717) is 0 Å². The molecular formula is C36H45Cl2SiZr. The van der Waals surface area contributed by atoms with Gasteiger partial charge in [-0.2, -0.15) is 0 Å². The number of hydrogen-bond donors (Lipinski definition) is 0. The summed E-state index contributed by atoms with van der Waals surface area (Å²) in [6, 6.07) is 13.2. The second-order valence-corrected chi connectivity index (χ2v) is 56.5. The minimum atomic E-state index is -4.71. The van der Waals surface area contributed by atoms with Crippen LogP contribution in [0.1, 0.15) is 109 Å². The predicted molar refractivity (Wildman–Crippen MR) is 178 cm³/mol. The van der Waals surface area contributed by atoms with E-state index in [1.54, 1.807) is 0 Å². The molecule has 0 heterocycles. The van der Waals surface area contributed by atoms with Crippen LogP contribution >= 0.6 is 17.0 Å². The normalized spacial score (nSPS) is 19.4. The van der Waals surface area contributed by atoms with Crippen LogP contribution in [0.2, 0.25) is 13.1 Å². The fourth-order valence-corrected chi connectivity index (χ4v) is 38.2. The van der Waals surface area contributed by atoms with Gasteiger partial charge in [-0.1, -0.05) is 0 Å². The molecular weight excluding hydrogens is 623 g/mol. The van der Waals surface area contributed by atoms with Gasteiger partial charge in [-0.15, -0.1) is 0 Å². The third kappa shape index (κ3) is 5.69. The first-order valence-electron chi connectivity index (χ1n) is 14.8. The molecule has 2 atom stereocenters. The summed E-state index contributed by atoms with van der Waals surface area (Å²) in [6.45, 7) is 22.3. The van der Waals surface area contributed by atoms with E-state index in [-0.39, 0.29) is 18.1 Å². The van der Waals surface area contributed by atoms with Crippen LogP contribution in [0.25, 0.3) is 12.2 Å². The van der Waals surface area contributed by atoms with E-state index in [1.807, 2.05) is 0 Å². The SMILES string of the molecule is CCC1=Cc2c(C#CC(C)(C)C)cccc2[CH]1[Zr]([Cl])([Cl])([CH]1C(CC)=Cc2c(C#CC(C)(C)C)cccc21)[SiH](C)C. The average Bonchev–Trinajstić information content (AvgIpc) is 3.45. The zero-order valence-corrected chi connectivity index (χ0v) is 31.1. The third-order valence-electron chi connectivity index (χ3n) is 8.47. The Morgan fingerprint density at radius 1 is 0.700 bits per heavy atom. The zero-order chi connectivity index (χ0) is 29.7. The molecule has 0 aromatic heterocycles. The third-order valence-corrected chi connectivity index (χ3v) is 60.3. The molecule has 4 rings (SSSR count). The first-order chi connectivity index (χ1) is 18.5. The van der Waals surface area contributed by atoms with Gasteiger partial charge in [0.05, 0.1) is 0 Å². The number of halogens is 2. The van der Waals surface area contributed by atoms with Gasteiger partial charge < -0.3 is 0 Å². The standard InChI is InChI=1S/2C17H19.C2H7Si.2ClH.Zr/c2*1-5-13-11-15-8-6-7-14(16(15)12-13)9-10-17(2,3)4;1-3-2;;;/h2*6-8,11-12H,5H2,1-4H3;3H,1-2H3;2*1H;/q;;;;;+2/p-2. The minimum absolute atomic E-state index is 0.0615. The summed E-state index contributed by atoms with van der Waals surface area (Å²) >= 11 is -4.71. The molecule has 2 aliphatic rings. The Morgan fingerprint density at radius 3 is 1.38 bits per heavy atom. The Morgan fingerprint density at radius 2 is 1.07 bits per heavy atom. The Balaban J connectivity index is 1.98. The van der Waals surface area contributed by atoms with Gasteiger partial charge >= 0.3 is 255 Å². The Hall–Kier alpha value is -1.28. The molecule has 2 aromatic carbocycles. The van der Waals surface area contributed by atoms with Gasteiger partial charge in [0.1, 0.15) is 0 Å². The molecule has 0 spiro atoms. The average molecular weight is 668 g/mol. The van der Waals surface area contributed by atoms with Crippen LogP contribution in [0.15, 0.2) is 47.5 Å². The van der Waals surface area contributed by atoms with E-state index in [4.69, 9.17) is 17.0 Å². The summed E-state index contributed by atoms with van der Waals surface area (Å²) in [6.07, 6.45) is 6.66. The number of fused-ring (bicyclic) bond motifs is 2. The van der Waals surface area contributed by atoms with Crippen molar-refractivity contribution in [3.63, 3.8) is 0 Å². The monoisotopic (exact) mass is 665 g/mol. The Kier molecular flexibility index (Phi) is 8.78. The first kappa shape index (κ1) is 31.7. The van der Waals surface area contributed by atoms with Crippen molar-refractivity contribution in [3.8, 4) is 23.7 Å². The topological polar surface area (TPSA) is 0 Å². The first-order valence-corrected chi connectivity index (χ1v) is 31.1. The van der Waals surface area contributed by atoms with E-state index in [2.05, 4.69) is 141 Å². The van der Waals surface area contributed by atoms with Gasteiger partial charge in [0.15, 0.2) is 0 Å². The molecule has 0 radical (unpaired) electrons. The Bertz CT molecular complexity index is 1410. The summed E-state index contributed by atoms with van der Waals surface area (Å²) in [5, 5.41) is 0. The van der Waals surface area contributed by atoms with E-state index in [0.717, 1.165) is 24.0 Å². The van der Waals surface area contributed by atoms with Gasteiger partial charge in [-0.05, 0) is 0 Å². The van der Waals surface area contributed by atoms with E-state index >= 15 is 0 Å².